The van der Waals surface area contributed by atoms with Crippen LogP contribution >= 0.6 is 11.6 Å². The van der Waals surface area contributed by atoms with Gasteiger partial charge in [0.25, 0.3) is 0 Å². The third-order valence-electron chi connectivity index (χ3n) is 1.80. The van der Waals surface area contributed by atoms with Crippen molar-refractivity contribution >= 4 is 17.4 Å². The van der Waals surface area contributed by atoms with E-state index in [4.69, 9.17) is 17.3 Å². The third kappa shape index (κ3) is 1.29. The summed E-state index contributed by atoms with van der Waals surface area (Å²) in [5.41, 5.74) is 6.92. The first-order valence-electron chi connectivity index (χ1n) is 3.81. The van der Waals surface area contributed by atoms with E-state index in [0.29, 0.717) is 22.2 Å². The number of anilines is 1. The SMILES string of the molecule is Cn1nncc1-c1c(N)ncnc1Cl. The Kier molecular flexibility index (Phi) is 2.05. The highest BCUT2D eigenvalue weighted by Gasteiger charge is 2.13. The molecule has 0 aliphatic carbocycles. The molecule has 7 heteroatoms. The molecule has 0 fully saturated rings. The normalized spacial score (nSPS) is 10.4. The third-order valence-corrected chi connectivity index (χ3v) is 2.09. The molecule has 14 heavy (non-hydrogen) atoms. The molecule has 2 N–H and O–H groups in total. The number of nitrogens with two attached hydrogens (primary N) is 1. The summed E-state index contributed by atoms with van der Waals surface area (Å²) in [4.78, 5) is 7.69. The van der Waals surface area contributed by atoms with E-state index < -0.39 is 0 Å². The van der Waals surface area contributed by atoms with Crippen LogP contribution in [0.15, 0.2) is 12.5 Å². The summed E-state index contributed by atoms with van der Waals surface area (Å²) in [5, 5.41) is 7.79. The van der Waals surface area contributed by atoms with Crippen molar-refractivity contribution in [3.63, 3.8) is 0 Å². The Morgan fingerprint density at radius 1 is 1.43 bits per heavy atom. The molecule has 72 valence electrons. The lowest BCUT2D eigenvalue weighted by molar-refractivity contribution is 0.720. The highest BCUT2D eigenvalue weighted by atomic mass is 35.5. The lowest BCUT2D eigenvalue weighted by Crippen LogP contribution is -2.00. The maximum Gasteiger partial charge on any atom is 0.144 e. The molecule has 6 nitrogen and oxygen atoms in total. The second-order valence-electron chi connectivity index (χ2n) is 2.67. The summed E-state index contributed by atoms with van der Waals surface area (Å²) in [6, 6.07) is 0. The molecule has 2 rings (SSSR count). The van der Waals surface area contributed by atoms with Crippen LogP contribution < -0.4 is 5.73 Å². The van der Waals surface area contributed by atoms with Crippen LogP contribution in [0.5, 0.6) is 0 Å². The second kappa shape index (κ2) is 3.22. The number of halogens is 1. The number of nitrogens with zero attached hydrogens (tertiary/aromatic N) is 5. The number of rotatable bonds is 1. The molecule has 0 atom stereocenters. The van der Waals surface area contributed by atoms with Gasteiger partial charge in [0, 0.05) is 7.05 Å². The fourth-order valence-electron chi connectivity index (χ4n) is 1.13. The molecule has 0 radical (unpaired) electrons. The van der Waals surface area contributed by atoms with Crippen molar-refractivity contribution in [3.05, 3.63) is 17.7 Å². The quantitative estimate of drug-likeness (QED) is 0.694. The van der Waals surface area contributed by atoms with Crippen LogP contribution in [-0.2, 0) is 7.05 Å². The van der Waals surface area contributed by atoms with Crippen LogP contribution in [0.1, 0.15) is 0 Å². The van der Waals surface area contributed by atoms with Crippen molar-refractivity contribution in [2.24, 2.45) is 7.05 Å². The van der Waals surface area contributed by atoms with Crippen molar-refractivity contribution in [1.82, 2.24) is 25.0 Å². The van der Waals surface area contributed by atoms with E-state index in [2.05, 4.69) is 20.3 Å². The molecule has 2 aromatic rings. The first-order chi connectivity index (χ1) is 6.70. The fraction of sp³-hybridized carbons (Fsp3) is 0.143. The number of aromatic nitrogens is 5. The maximum atomic E-state index is 5.89. The van der Waals surface area contributed by atoms with E-state index in [-0.39, 0.29) is 0 Å². The summed E-state index contributed by atoms with van der Waals surface area (Å²) in [6.07, 6.45) is 2.87. The molecule has 2 heterocycles. The van der Waals surface area contributed by atoms with Crippen LogP contribution in [0.3, 0.4) is 0 Å². The molecule has 0 saturated carbocycles. The minimum Gasteiger partial charge on any atom is -0.383 e. The van der Waals surface area contributed by atoms with E-state index >= 15 is 0 Å². The first kappa shape index (κ1) is 8.89. The van der Waals surface area contributed by atoms with Gasteiger partial charge in [0.1, 0.15) is 17.3 Å². The molecule has 0 amide bonds. The molecule has 0 unspecified atom stereocenters. The maximum absolute atomic E-state index is 5.89. The monoisotopic (exact) mass is 210 g/mol. The number of hydrogen-bond acceptors (Lipinski definition) is 5. The topological polar surface area (TPSA) is 82.5 Å². The van der Waals surface area contributed by atoms with E-state index in [1.807, 2.05) is 0 Å². The molecular formula is C7H7ClN6. The zero-order valence-corrected chi connectivity index (χ0v) is 8.10. The Morgan fingerprint density at radius 3 is 2.79 bits per heavy atom. The number of hydrogen-bond donors (Lipinski definition) is 1. The molecule has 0 aromatic carbocycles. The molecule has 0 spiro atoms. The second-order valence-corrected chi connectivity index (χ2v) is 3.03. The van der Waals surface area contributed by atoms with Gasteiger partial charge in [-0.25, -0.2) is 14.6 Å². The molecule has 0 aliphatic heterocycles. The largest absolute Gasteiger partial charge is 0.383 e. The minimum atomic E-state index is 0.294. The molecule has 0 aliphatic rings. The predicted molar refractivity (Wildman–Crippen MR) is 51.5 cm³/mol. The van der Waals surface area contributed by atoms with Crippen LogP contribution in [0, 0.1) is 0 Å². The van der Waals surface area contributed by atoms with Crippen molar-refractivity contribution in [3.8, 4) is 11.3 Å². The summed E-state index contributed by atoms with van der Waals surface area (Å²) in [6.45, 7) is 0. The van der Waals surface area contributed by atoms with Crippen LogP contribution in [0.4, 0.5) is 5.82 Å². The van der Waals surface area contributed by atoms with Gasteiger partial charge >= 0.3 is 0 Å². The highest BCUT2D eigenvalue weighted by Crippen LogP contribution is 2.28. The van der Waals surface area contributed by atoms with Crippen LogP contribution in [0.25, 0.3) is 11.3 Å². The summed E-state index contributed by atoms with van der Waals surface area (Å²) < 4.78 is 1.56. The zero-order valence-electron chi connectivity index (χ0n) is 7.35. The van der Waals surface area contributed by atoms with Gasteiger partial charge in [-0.15, -0.1) is 5.10 Å². The number of nitrogen functional groups attached to an aromatic ring is 1. The fourth-order valence-corrected chi connectivity index (χ4v) is 1.37. The van der Waals surface area contributed by atoms with E-state index in [1.165, 1.54) is 6.33 Å². The van der Waals surface area contributed by atoms with Crippen molar-refractivity contribution in [2.75, 3.05) is 5.73 Å². The van der Waals surface area contributed by atoms with Gasteiger partial charge in [0.15, 0.2) is 0 Å². The Bertz CT molecular complexity index is 445. The van der Waals surface area contributed by atoms with Crippen molar-refractivity contribution in [1.29, 1.82) is 0 Å². The van der Waals surface area contributed by atoms with Crippen molar-refractivity contribution in [2.45, 2.75) is 0 Å². The van der Waals surface area contributed by atoms with Gasteiger partial charge in [-0.05, 0) is 0 Å². The van der Waals surface area contributed by atoms with Crippen molar-refractivity contribution < 1.29 is 0 Å². The Labute approximate surface area is 84.7 Å². The van der Waals surface area contributed by atoms with Crippen LogP contribution in [0.2, 0.25) is 5.15 Å². The molecule has 0 bridgehead atoms. The van der Waals surface area contributed by atoms with Gasteiger partial charge in [0.2, 0.25) is 0 Å². The van der Waals surface area contributed by atoms with E-state index in [1.54, 1.807) is 17.9 Å². The zero-order chi connectivity index (χ0) is 10.1. The molecule has 0 saturated heterocycles. The van der Waals surface area contributed by atoms with E-state index in [9.17, 15) is 0 Å². The summed E-state index contributed by atoms with van der Waals surface area (Å²) >= 11 is 5.89. The van der Waals surface area contributed by atoms with Crippen LogP contribution in [-0.4, -0.2) is 25.0 Å². The Morgan fingerprint density at radius 2 is 2.21 bits per heavy atom. The molecular weight excluding hydrogens is 204 g/mol. The first-order valence-corrected chi connectivity index (χ1v) is 4.19. The van der Waals surface area contributed by atoms with E-state index in [0.717, 1.165) is 0 Å². The summed E-state index contributed by atoms with van der Waals surface area (Å²) in [5.74, 6) is 0.315. The van der Waals surface area contributed by atoms with Gasteiger partial charge in [0.05, 0.1) is 17.5 Å². The van der Waals surface area contributed by atoms with Gasteiger partial charge in [-0.1, -0.05) is 16.8 Å². The smallest absolute Gasteiger partial charge is 0.144 e. The van der Waals surface area contributed by atoms with Gasteiger partial charge < -0.3 is 5.73 Å². The minimum absolute atomic E-state index is 0.294. The lowest BCUT2D eigenvalue weighted by atomic mass is 10.2. The average Bonchev–Trinajstić information content (AvgIpc) is 2.52. The molecule has 2 aromatic heterocycles. The van der Waals surface area contributed by atoms with Gasteiger partial charge in [-0.3, -0.25) is 0 Å². The Balaban J connectivity index is 2.68. The predicted octanol–water partition coefficient (Wildman–Crippen LogP) is 0.508. The highest BCUT2D eigenvalue weighted by molar-refractivity contribution is 6.32. The standard InChI is InChI=1S/C7H7ClN6/c1-14-4(2-12-13-14)5-6(8)10-3-11-7(5)9/h2-3H,1H3,(H2,9,10,11). The van der Waals surface area contributed by atoms with Gasteiger partial charge in [-0.2, -0.15) is 0 Å². The number of aryl methyl sites for hydroxylation is 1. The average molecular weight is 211 g/mol. The lowest BCUT2D eigenvalue weighted by Gasteiger charge is -2.04. The summed E-state index contributed by atoms with van der Waals surface area (Å²) in [7, 11) is 1.74. The Hall–Kier alpha value is -1.69.